The van der Waals surface area contributed by atoms with Crippen LogP contribution in [0.15, 0.2) is 40.9 Å². The summed E-state index contributed by atoms with van der Waals surface area (Å²) in [6.45, 7) is 1.75. The van der Waals surface area contributed by atoms with Gasteiger partial charge in [-0.05, 0) is 42.8 Å². The van der Waals surface area contributed by atoms with Crippen LogP contribution in [0.4, 0.5) is 0 Å². The molecule has 0 aromatic heterocycles. The zero-order valence-corrected chi connectivity index (χ0v) is 16.5. The van der Waals surface area contributed by atoms with Gasteiger partial charge in [-0.15, -0.1) is 0 Å². The van der Waals surface area contributed by atoms with Crippen LogP contribution in [0.25, 0.3) is 0 Å². The van der Waals surface area contributed by atoms with Gasteiger partial charge in [0.2, 0.25) is 0 Å². The van der Waals surface area contributed by atoms with Gasteiger partial charge in [0.1, 0.15) is 5.75 Å². The van der Waals surface area contributed by atoms with E-state index in [-0.39, 0.29) is 18.6 Å². The summed E-state index contributed by atoms with van der Waals surface area (Å²) >= 11 is 9.38. The minimum Gasteiger partial charge on any atom is -0.493 e. The molecule has 2 rings (SSSR count). The van der Waals surface area contributed by atoms with Crippen LogP contribution in [0.2, 0.25) is 5.02 Å². The van der Waals surface area contributed by atoms with Crippen molar-refractivity contribution in [2.24, 2.45) is 0 Å². The lowest BCUT2D eigenvalue weighted by Crippen LogP contribution is -2.31. The first-order chi connectivity index (χ1) is 11.9. The molecule has 0 heterocycles. The summed E-state index contributed by atoms with van der Waals surface area (Å²) in [5, 5.41) is 3.31. The highest BCUT2D eigenvalue weighted by Crippen LogP contribution is 2.30. The van der Waals surface area contributed by atoms with Crippen LogP contribution in [-0.4, -0.2) is 26.7 Å². The predicted molar refractivity (Wildman–Crippen MR) is 101 cm³/mol. The molecule has 1 amide bonds. The van der Waals surface area contributed by atoms with Crippen molar-refractivity contribution in [3.8, 4) is 17.2 Å². The zero-order chi connectivity index (χ0) is 18.4. The van der Waals surface area contributed by atoms with Crippen LogP contribution >= 0.6 is 27.5 Å². The van der Waals surface area contributed by atoms with E-state index in [1.54, 1.807) is 38.5 Å². The molecular weight excluding hydrogens is 410 g/mol. The number of hydrogen-bond acceptors (Lipinski definition) is 4. The number of benzene rings is 2. The average molecular weight is 429 g/mol. The first-order valence-corrected chi connectivity index (χ1v) is 8.70. The molecule has 2 aromatic rings. The van der Waals surface area contributed by atoms with Crippen LogP contribution in [0.1, 0.15) is 18.5 Å². The maximum Gasteiger partial charge on any atom is 0.258 e. The highest BCUT2D eigenvalue weighted by Gasteiger charge is 2.13. The molecule has 0 fully saturated rings. The number of rotatable bonds is 7. The zero-order valence-electron chi connectivity index (χ0n) is 14.1. The first kappa shape index (κ1) is 19.4. The van der Waals surface area contributed by atoms with E-state index in [1.807, 2.05) is 19.1 Å². The molecule has 0 bridgehead atoms. The fraction of sp³-hybridized carbons (Fsp3) is 0.278. The van der Waals surface area contributed by atoms with Gasteiger partial charge in [0.15, 0.2) is 18.1 Å². The molecule has 5 nitrogen and oxygen atoms in total. The molecule has 2 aromatic carbocycles. The third-order valence-corrected chi connectivity index (χ3v) is 4.33. The van der Waals surface area contributed by atoms with E-state index in [2.05, 4.69) is 21.2 Å². The number of carbonyl (C=O) groups excluding carboxylic acids is 1. The number of halogens is 2. The molecule has 1 N–H and O–H groups in total. The Morgan fingerprint density at radius 3 is 2.44 bits per heavy atom. The smallest absolute Gasteiger partial charge is 0.258 e. The van der Waals surface area contributed by atoms with E-state index in [0.717, 1.165) is 10.0 Å². The second-order valence-corrected chi connectivity index (χ2v) is 6.59. The fourth-order valence-electron chi connectivity index (χ4n) is 2.22. The SMILES string of the molecule is COc1ccc([C@@H](C)NC(=O)COc2ccc(Br)cc2Cl)cc1OC. The van der Waals surface area contributed by atoms with Crippen LogP contribution < -0.4 is 19.5 Å². The lowest BCUT2D eigenvalue weighted by Gasteiger charge is -2.17. The quantitative estimate of drug-likeness (QED) is 0.711. The standard InChI is InChI=1S/C18H19BrClNO4/c1-11(12-4-6-16(23-2)17(8-12)24-3)21-18(22)10-25-15-7-5-13(19)9-14(15)20/h4-9,11H,10H2,1-3H3,(H,21,22)/t11-/m1/s1. The number of carbonyl (C=O) groups is 1. The Balaban J connectivity index is 1.95. The second-order valence-electron chi connectivity index (χ2n) is 5.27. The van der Waals surface area contributed by atoms with Crippen LogP contribution in [-0.2, 0) is 4.79 Å². The second kappa shape index (κ2) is 8.97. The van der Waals surface area contributed by atoms with Gasteiger partial charge in [-0.25, -0.2) is 0 Å². The van der Waals surface area contributed by atoms with Crippen LogP contribution in [0.3, 0.4) is 0 Å². The van der Waals surface area contributed by atoms with Crippen molar-refractivity contribution < 1.29 is 19.0 Å². The Labute approximate surface area is 160 Å². The summed E-state index contributed by atoms with van der Waals surface area (Å²) < 4.78 is 16.8. The van der Waals surface area contributed by atoms with Gasteiger partial charge in [0.05, 0.1) is 25.3 Å². The van der Waals surface area contributed by atoms with Crippen molar-refractivity contribution in [2.45, 2.75) is 13.0 Å². The number of amides is 1. The van der Waals surface area contributed by atoms with Crippen LogP contribution in [0.5, 0.6) is 17.2 Å². The molecule has 134 valence electrons. The van der Waals surface area contributed by atoms with Gasteiger partial charge in [0, 0.05) is 4.47 Å². The highest BCUT2D eigenvalue weighted by molar-refractivity contribution is 9.10. The van der Waals surface area contributed by atoms with Crippen molar-refractivity contribution in [1.29, 1.82) is 0 Å². The largest absolute Gasteiger partial charge is 0.493 e. The van der Waals surface area contributed by atoms with Gasteiger partial charge < -0.3 is 19.5 Å². The van der Waals surface area contributed by atoms with E-state index in [1.165, 1.54) is 0 Å². The Morgan fingerprint density at radius 2 is 1.80 bits per heavy atom. The molecule has 0 unspecified atom stereocenters. The van der Waals surface area contributed by atoms with Crippen molar-refractivity contribution in [3.05, 3.63) is 51.5 Å². The Hall–Kier alpha value is -1.92. The molecule has 7 heteroatoms. The van der Waals surface area contributed by atoms with Crippen molar-refractivity contribution in [3.63, 3.8) is 0 Å². The normalized spacial score (nSPS) is 11.6. The summed E-state index contributed by atoms with van der Waals surface area (Å²) in [6, 6.07) is 10.5. The van der Waals surface area contributed by atoms with E-state index < -0.39 is 0 Å². The third-order valence-electron chi connectivity index (χ3n) is 3.54. The fourth-order valence-corrected chi connectivity index (χ4v) is 2.95. The van der Waals surface area contributed by atoms with Crippen molar-refractivity contribution in [2.75, 3.05) is 20.8 Å². The molecule has 1 atom stereocenters. The van der Waals surface area contributed by atoms with E-state index in [9.17, 15) is 4.79 Å². The Morgan fingerprint density at radius 1 is 1.12 bits per heavy atom. The first-order valence-electron chi connectivity index (χ1n) is 7.53. The minimum atomic E-state index is -0.249. The summed E-state index contributed by atoms with van der Waals surface area (Å²) in [6.07, 6.45) is 0. The molecule has 0 saturated heterocycles. The summed E-state index contributed by atoms with van der Waals surface area (Å²) in [4.78, 5) is 12.1. The van der Waals surface area contributed by atoms with E-state index in [0.29, 0.717) is 22.3 Å². The molecule has 0 aliphatic rings. The average Bonchev–Trinajstić information content (AvgIpc) is 2.60. The Kier molecular flexibility index (Phi) is 6.96. The lowest BCUT2D eigenvalue weighted by atomic mass is 10.1. The predicted octanol–water partition coefficient (Wildman–Crippen LogP) is 4.38. The lowest BCUT2D eigenvalue weighted by molar-refractivity contribution is -0.123. The summed E-state index contributed by atoms with van der Waals surface area (Å²) in [5.74, 6) is 1.46. The number of ether oxygens (including phenoxy) is 3. The monoisotopic (exact) mass is 427 g/mol. The Bertz CT molecular complexity index is 754. The third kappa shape index (κ3) is 5.28. The number of methoxy groups -OCH3 is 2. The van der Waals surface area contributed by atoms with Gasteiger partial charge in [0.25, 0.3) is 5.91 Å². The van der Waals surface area contributed by atoms with Gasteiger partial charge in [-0.2, -0.15) is 0 Å². The van der Waals surface area contributed by atoms with Gasteiger partial charge in [-0.3, -0.25) is 4.79 Å². The molecule has 0 spiro atoms. The maximum absolute atomic E-state index is 12.1. The van der Waals surface area contributed by atoms with Crippen LogP contribution in [0, 0.1) is 0 Å². The molecular formula is C18H19BrClNO4. The minimum absolute atomic E-state index is 0.126. The molecule has 25 heavy (non-hydrogen) atoms. The van der Waals surface area contributed by atoms with Crippen molar-refractivity contribution >= 4 is 33.4 Å². The maximum atomic E-state index is 12.1. The van der Waals surface area contributed by atoms with Crippen molar-refractivity contribution in [1.82, 2.24) is 5.32 Å². The molecule has 0 radical (unpaired) electrons. The van der Waals surface area contributed by atoms with E-state index in [4.69, 9.17) is 25.8 Å². The molecule has 0 aliphatic heterocycles. The number of nitrogens with one attached hydrogen (secondary N) is 1. The summed E-state index contributed by atoms with van der Waals surface area (Å²) in [5.41, 5.74) is 0.896. The van der Waals surface area contributed by atoms with Gasteiger partial charge >= 0.3 is 0 Å². The van der Waals surface area contributed by atoms with Gasteiger partial charge in [-0.1, -0.05) is 33.6 Å². The summed E-state index contributed by atoms with van der Waals surface area (Å²) in [7, 11) is 3.15. The topological polar surface area (TPSA) is 56.8 Å². The number of hydrogen-bond donors (Lipinski definition) is 1. The molecule has 0 aliphatic carbocycles. The van der Waals surface area contributed by atoms with E-state index >= 15 is 0 Å². The highest BCUT2D eigenvalue weighted by atomic mass is 79.9. The molecule has 0 saturated carbocycles.